The highest BCUT2D eigenvalue weighted by Gasteiger charge is 2.14. The average Bonchev–Trinajstić information content (AvgIpc) is 2.81. The Hall–Kier alpha value is -3.39. The van der Waals surface area contributed by atoms with Gasteiger partial charge in [0.05, 0.1) is 22.7 Å². The van der Waals surface area contributed by atoms with Gasteiger partial charge in [-0.15, -0.1) is 23.2 Å². The fourth-order valence-electron chi connectivity index (χ4n) is 3.04. The SMILES string of the molecule is ClCCl.N#Cc1ccccc1-c1cc(-c2ccccn2)cn(-c2ccccc2)c1=O. The Kier molecular flexibility index (Phi) is 7.40. The number of hydrogen-bond donors (Lipinski definition) is 0. The zero-order valence-corrected chi connectivity index (χ0v) is 17.4. The number of hydrogen-bond acceptors (Lipinski definition) is 3. The number of alkyl halides is 2. The minimum absolute atomic E-state index is 0.177. The van der Waals surface area contributed by atoms with Crippen LogP contribution in [0.4, 0.5) is 0 Å². The van der Waals surface area contributed by atoms with Crippen LogP contribution in [0.15, 0.2) is 96.1 Å². The molecule has 0 fully saturated rings. The van der Waals surface area contributed by atoms with Gasteiger partial charge in [0.2, 0.25) is 0 Å². The number of para-hydroxylation sites is 1. The van der Waals surface area contributed by atoms with Crippen molar-refractivity contribution in [2.45, 2.75) is 0 Å². The van der Waals surface area contributed by atoms with Crippen LogP contribution in [0.3, 0.4) is 0 Å². The Labute approximate surface area is 184 Å². The normalized spacial score (nSPS) is 9.90. The van der Waals surface area contributed by atoms with Gasteiger partial charge in [0.25, 0.3) is 5.56 Å². The third kappa shape index (κ3) is 4.77. The van der Waals surface area contributed by atoms with E-state index in [1.807, 2.05) is 54.6 Å². The first-order valence-electron chi connectivity index (χ1n) is 9.04. The van der Waals surface area contributed by atoms with Crippen LogP contribution in [0.25, 0.3) is 28.1 Å². The van der Waals surface area contributed by atoms with E-state index in [1.165, 1.54) is 0 Å². The Morgan fingerprint density at radius 1 is 0.900 bits per heavy atom. The van der Waals surface area contributed by atoms with E-state index >= 15 is 0 Å². The first-order valence-corrected chi connectivity index (χ1v) is 10.1. The van der Waals surface area contributed by atoms with Gasteiger partial charge >= 0.3 is 0 Å². The highest BCUT2D eigenvalue weighted by atomic mass is 35.5. The predicted molar refractivity (Wildman–Crippen MR) is 122 cm³/mol. The summed E-state index contributed by atoms with van der Waals surface area (Å²) in [6, 6.07) is 26.2. The average molecular weight is 434 g/mol. The van der Waals surface area contributed by atoms with E-state index in [9.17, 15) is 10.1 Å². The second-order valence-corrected chi connectivity index (χ2v) is 6.93. The maximum atomic E-state index is 13.3. The van der Waals surface area contributed by atoms with E-state index in [-0.39, 0.29) is 10.9 Å². The molecule has 0 spiro atoms. The monoisotopic (exact) mass is 433 g/mol. The molecule has 0 aliphatic heterocycles. The van der Waals surface area contributed by atoms with Crippen LogP contribution in [0.5, 0.6) is 0 Å². The molecule has 2 aromatic heterocycles. The topological polar surface area (TPSA) is 58.7 Å². The summed E-state index contributed by atoms with van der Waals surface area (Å²) in [7, 11) is 0. The van der Waals surface area contributed by atoms with Gasteiger partial charge in [0.1, 0.15) is 0 Å². The standard InChI is InChI=1S/C23H15N3O.CH2Cl2/c24-15-17-8-4-5-11-20(17)21-14-18(22-12-6-7-13-25-22)16-26(23(21)27)19-9-2-1-3-10-19;2-1-3/h1-14,16H;1H2. The molecule has 0 atom stereocenters. The van der Waals surface area contributed by atoms with Crippen LogP contribution in [0.2, 0.25) is 0 Å². The van der Waals surface area contributed by atoms with Crippen LogP contribution in [-0.2, 0) is 0 Å². The summed E-state index contributed by atoms with van der Waals surface area (Å²) < 4.78 is 1.60. The molecule has 148 valence electrons. The van der Waals surface area contributed by atoms with Crippen molar-refractivity contribution in [1.29, 1.82) is 5.26 Å². The first-order chi connectivity index (χ1) is 14.7. The number of nitriles is 1. The van der Waals surface area contributed by atoms with E-state index in [1.54, 1.807) is 41.2 Å². The van der Waals surface area contributed by atoms with E-state index in [0.717, 1.165) is 16.9 Å². The maximum absolute atomic E-state index is 13.3. The molecule has 4 rings (SSSR count). The van der Waals surface area contributed by atoms with Crippen molar-refractivity contribution >= 4 is 23.2 Å². The van der Waals surface area contributed by atoms with E-state index in [2.05, 4.69) is 11.1 Å². The lowest BCUT2D eigenvalue weighted by Gasteiger charge is -2.13. The molecule has 0 amide bonds. The second-order valence-electron chi connectivity index (χ2n) is 6.13. The third-order valence-corrected chi connectivity index (χ3v) is 4.35. The zero-order valence-electron chi connectivity index (χ0n) is 15.9. The fraction of sp³-hybridized carbons (Fsp3) is 0.0417. The lowest BCUT2D eigenvalue weighted by Crippen LogP contribution is -2.20. The minimum Gasteiger partial charge on any atom is -0.283 e. The smallest absolute Gasteiger partial charge is 0.263 e. The van der Waals surface area contributed by atoms with Crippen molar-refractivity contribution in [3.05, 3.63) is 107 Å². The molecule has 0 bridgehead atoms. The molecule has 30 heavy (non-hydrogen) atoms. The molecule has 0 aliphatic rings. The van der Waals surface area contributed by atoms with Gasteiger partial charge in [-0.1, -0.05) is 42.5 Å². The van der Waals surface area contributed by atoms with Gasteiger partial charge in [0, 0.05) is 34.8 Å². The van der Waals surface area contributed by atoms with Gasteiger partial charge in [0.15, 0.2) is 0 Å². The largest absolute Gasteiger partial charge is 0.283 e. The minimum atomic E-state index is -0.177. The van der Waals surface area contributed by atoms with Crippen LogP contribution >= 0.6 is 23.2 Å². The van der Waals surface area contributed by atoms with Crippen molar-refractivity contribution in [2.24, 2.45) is 0 Å². The lowest BCUT2D eigenvalue weighted by atomic mass is 9.99. The summed E-state index contributed by atoms with van der Waals surface area (Å²) in [5.41, 5.74) is 3.71. The van der Waals surface area contributed by atoms with Gasteiger partial charge in [-0.05, 0) is 36.4 Å². The van der Waals surface area contributed by atoms with Crippen molar-refractivity contribution in [2.75, 3.05) is 5.34 Å². The predicted octanol–water partition coefficient (Wildman–Crippen LogP) is 5.86. The van der Waals surface area contributed by atoms with Crippen molar-refractivity contribution < 1.29 is 0 Å². The Balaban J connectivity index is 0.000000806. The molecule has 0 N–H and O–H groups in total. The molecule has 2 heterocycles. The molecule has 0 saturated carbocycles. The second kappa shape index (κ2) is 10.4. The highest BCUT2D eigenvalue weighted by molar-refractivity contribution is 6.40. The molecule has 4 aromatic rings. The van der Waals surface area contributed by atoms with Gasteiger partial charge in [-0.25, -0.2) is 0 Å². The van der Waals surface area contributed by atoms with Gasteiger partial charge in [-0.3, -0.25) is 14.3 Å². The molecule has 4 nitrogen and oxygen atoms in total. The molecular formula is C24H17Cl2N3O. The number of aromatic nitrogens is 2. The highest BCUT2D eigenvalue weighted by Crippen LogP contribution is 2.26. The lowest BCUT2D eigenvalue weighted by molar-refractivity contribution is 0.993. The number of nitrogens with zero attached hydrogens (tertiary/aromatic N) is 3. The van der Waals surface area contributed by atoms with Crippen LogP contribution in [0.1, 0.15) is 5.56 Å². The van der Waals surface area contributed by atoms with Gasteiger partial charge in [-0.2, -0.15) is 5.26 Å². The Morgan fingerprint density at radius 3 is 2.23 bits per heavy atom. The van der Waals surface area contributed by atoms with Gasteiger partial charge < -0.3 is 0 Å². The summed E-state index contributed by atoms with van der Waals surface area (Å²) in [6.45, 7) is 0. The summed E-state index contributed by atoms with van der Waals surface area (Å²) in [5.74, 6) is 0. The fourth-order valence-corrected chi connectivity index (χ4v) is 3.04. The molecule has 2 aromatic carbocycles. The molecular weight excluding hydrogens is 417 g/mol. The third-order valence-electron chi connectivity index (χ3n) is 4.35. The van der Waals surface area contributed by atoms with Crippen molar-refractivity contribution in [1.82, 2.24) is 9.55 Å². The van der Waals surface area contributed by atoms with E-state index in [0.29, 0.717) is 16.7 Å². The maximum Gasteiger partial charge on any atom is 0.263 e. The summed E-state index contributed by atoms with van der Waals surface area (Å²) in [6.07, 6.45) is 3.51. The molecule has 0 saturated heterocycles. The number of halogens is 2. The summed E-state index contributed by atoms with van der Waals surface area (Å²) >= 11 is 9.53. The van der Waals surface area contributed by atoms with Crippen LogP contribution < -0.4 is 5.56 Å². The summed E-state index contributed by atoms with van der Waals surface area (Å²) in [4.78, 5) is 17.7. The Bertz CT molecular complexity index is 1220. The van der Waals surface area contributed by atoms with E-state index in [4.69, 9.17) is 23.2 Å². The summed E-state index contributed by atoms with van der Waals surface area (Å²) in [5, 5.41) is 9.67. The number of rotatable bonds is 3. The molecule has 6 heteroatoms. The molecule has 0 unspecified atom stereocenters. The Morgan fingerprint density at radius 2 is 1.57 bits per heavy atom. The quantitative estimate of drug-likeness (QED) is 0.380. The zero-order chi connectivity index (χ0) is 21.3. The van der Waals surface area contributed by atoms with E-state index < -0.39 is 0 Å². The van der Waals surface area contributed by atoms with Crippen molar-refractivity contribution in [3.63, 3.8) is 0 Å². The molecule has 0 aliphatic carbocycles. The van der Waals surface area contributed by atoms with Crippen LogP contribution in [0, 0.1) is 11.3 Å². The first kappa shape index (κ1) is 21.3. The molecule has 0 radical (unpaired) electrons. The van der Waals surface area contributed by atoms with Crippen LogP contribution in [-0.4, -0.2) is 14.9 Å². The number of benzene rings is 2. The van der Waals surface area contributed by atoms with Crippen molar-refractivity contribution in [3.8, 4) is 34.1 Å². The number of pyridine rings is 2.